The monoisotopic (exact) mass is 288 g/mol. The maximum atomic E-state index is 13.5. The number of anilines is 1. The van der Waals surface area contributed by atoms with Gasteiger partial charge in [-0.2, -0.15) is 5.10 Å². The minimum atomic E-state index is -0.718. The number of aryl methyl sites for hydroxylation is 1. The molecule has 3 aromatic rings. The average Bonchev–Trinajstić information content (AvgIpc) is 2.81. The van der Waals surface area contributed by atoms with E-state index in [0.717, 1.165) is 23.9 Å². The number of hydrogen-bond acceptors (Lipinski definition) is 3. The van der Waals surface area contributed by atoms with Crippen molar-refractivity contribution >= 4 is 17.2 Å². The van der Waals surface area contributed by atoms with Crippen molar-refractivity contribution < 1.29 is 13.6 Å². The van der Waals surface area contributed by atoms with Crippen molar-refractivity contribution in [1.29, 1.82) is 0 Å². The number of aromatic nitrogens is 3. The van der Waals surface area contributed by atoms with Crippen LogP contribution >= 0.6 is 0 Å². The second-order valence-corrected chi connectivity index (χ2v) is 4.48. The first-order chi connectivity index (χ1) is 10.0. The number of halogens is 2. The quantitative estimate of drug-likeness (QED) is 0.788. The summed E-state index contributed by atoms with van der Waals surface area (Å²) in [6.07, 6.45) is 1.66. The first-order valence-corrected chi connectivity index (χ1v) is 6.12. The Morgan fingerprint density at radius 1 is 1.24 bits per heavy atom. The third-order valence-electron chi connectivity index (χ3n) is 2.85. The molecule has 0 fully saturated rings. The number of benzene rings is 1. The Balaban J connectivity index is 1.91. The van der Waals surface area contributed by atoms with E-state index < -0.39 is 17.5 Å². The largest absolute Gasteiger partial charge is 0.318 e. The van der Waals surface area contributed by atoms with Crippen molar-refractivity contribution in [3.05, 3.63) is 59.6 Å². The fraction of sp³-hybridized carbons (Fsp3) is 0.0714. The van der Waals surface area contributed by atoms with E-state index in [2.05, 4.69) is 15.4 Å². The number of rotatable bonds is 2. The van der Waals surface area contributed by atoms with E-state index in [-0.39, 0.29) is 11.4 Å². The van der Waals surface area contributed by atoms with Gasteiger partial charge in [0.05, 0.1) is 17.6 Å². The second kappa shape index (κ2) is 4.93. The molecule has 3 rings (SSSR count). The fourth-order valence-electron chi connectivity index (χ4n) is 1.90. The van der Waals surface area contributed by atoms with Crippen LogP contribution in [-0.4, -0.2) is 20.5 Å². The van der Waals surface area contributed by atoms with Gasteiger partial charge in [0.2, 0.25) is 0 Å². The Morgan fingerprint density at radius 2 is 2.05 bits per heavy atom. The highest BCUT2D eigenvalue weighted by atomic mass is 19.1. The standard InChI is InChI=1S/C14H10F2N4O/c1-8-7-20-13(17-8)5-4-11(19-20)14(21)18-12-6-9(15)2-3-10(12)16/h2-7H,1H3,(H,18,21). The van der Waals surface area contributed by atoms with Gasteiger partial charge in [0, 0.05) is 6.07 Å². The lowest BCUT2D eigenvalue weighted by Gasteiger charge is -2.06. The highest BCUT2D eigenvalue weighted by Gasteiger charge is 2.12. The van der Waals surface area contributed by atoms with E-state index in [1.165, 1.54) is 10.6 Å². The van der Waals surface area contributed by atoms with Crippen LogP contribution in [-0.2, 0) is 0 Å². The lowest BCUT2D eigenvalue weighted by atomic mass is 10.2. The summed E-state index contributed by atoms with van der Waals surface area (Å²) >= 11 is 0. The van der Waals surface area contributed by atoms with E-state index in [4.69, 9.17) is 0 Å². The molecule has 0 bridgehead atoms. The van der Waals surface area contributed by atoms with Crippen molar-refractivity contribution in [3.8, 4) is 0 Å². The minimum Gasteiger partial charge on any atom is -0.318 e. The maximum Gasteiger partial charge on any atom is 0.276 e. The number of carbonyl (C=O) groups excluding carboxylic acids is 1. The number of imidazole rings is 1. The fourth-order valence-corrected chi connectivity index (χ4v) is 1.90. The van der Waals surface area contributed by atoms with E-state index in [1.54, 1.807) is 19.2 Å². The van der Waals surface area contributed by atoms with E-state index in [0.29, 0.717) is 5.65 Å². The van der Waals surface area contributed by atoms with Crippen molar-refractivity contribution in [2.75, 3.05) is 5.32 Å². The molecule has 0 saturated carbocycles. The van der Waals surface area contributed by atoms with Crippen LogP contribution in [0, 0.1) is 18.6 Å². The molecule has 0 spiro atoms. The summed E-state index contributed by atoms with van der Waals surface area (Å²) in [5.74, 6) is -1.99. The summed E-state index contributed by atoms with van der Waals surface area (Å²) in [5.41, 5.74) is 1.20. The van der Waals surface area contributed by atoms with Crippen molar-refractivity contribution in [2.45, 2.75) is 6.92 Å². The normalized spacial score (nSPS) is 10.8. The van der Waals surface area contributed by atoms with Crippen molar-refractivity contribution in [1.82, 2.24) is 14.6 Å². The van der Waals surface area contributed by atoms with Gasteiger partial charge in [-0.05, 0) is 31.2 Å². The molecule has 1 aromatic carbocycles. The Kier molecular flexibility index (Phi) is 3.09. The van der Waals surface area contributed by atoms with Crippen LogP contribution in [0.3, 0.4) is 0 Å². The first kappa shape index (κ1) is 13.2. The molecule has 2 heterocycles. The van der Waals surface area contributed by atoms with E-state index >= 15 is 0 Å². The number of hydrogen-bond donors (Lipinski definition) is 1. The number of nitrogens with one attached hydrogen (secondary N) is 1. The second-order valence-electron chi connectivity index (χ2n) is 4.48. The van der Waals surface area contributed by atoms with Gasteiger partial charge in [0.1, 0.15) is 17.3 Å². The molecule has 0 aliphatic heterocycles. The Bertz CT molecular complexity index is 844. The Morgan fingerprint density at radius 3 is 2.86 bits per heavy atom. The third-order valence-corrected chi connectivity index (χ3v) is 2.85. The molecule has 106 valence electrons. The zero-order valence-corrected chi connectivity index (χ0v) is 11.0. The van der Waals surface area contributed by atoms with Crippen LogP contribution in [0.15, 0.2) is 36.5 Å². The van der Waals surface area contributed by atoms with Crippen LogP contribution in [0.25, 0.3) is 5.65 Å². The number of carbonyl (C=O) groups is 1. The summed E-state index contributed by atoms with van der Waals surface area (Å²) in [6.45, 7) is 1.80. The van der Waals surface area contributed by atoms with E-state index in [9.17, 15) is 13.6 Å². The van der Waals surface area contributed by atoms with Gasteiger partial charge in [0.15, 0.2) is 5.65 Å². The summed E-state index contributed by atoms with van der Waals surface area (Å²) in [5, 5.41) is 6.36. The Labute approximate surface area is 118 Å². The van der Waals surface area contributed by atoms with Crippen LogP contribution in [0.1, 0.15) is 16.2 Å². The molecular formula is C14H10F2N4O. The molecule has 0 unspecified atom stereocenters. The zero-order chi connectivity index (χ0) is 15.0. The molecule has 2 aromatic heterocycles. The molecule has 1 N–H and O–H groups in total. The average molecular weight is 288 g/mol. The topological polar surface area (TPSA) is 59.3 Å². The molecule has 0 radical (unpaired) electrons. The van der Waals surface area contributed by atoms with Crippen molar-refractivity contribution in [2.24, 2.45) is 0 Å². The minimum absolute atomic E-state index is 0.0727. The van der Waals surface area contributed by atoms with Crippen LogP contribution < -0.4 is 5.32 Å². The third kappa shape index (κ3) is 2.58. The van der Waals surface area contributed by atoms with Gasteiger partial charge in [-0.1, -0.05) is 0 Å². The van der Waals surface area contributed by atoms with Gasteiger partial charge >= 0.3 is 0 Å². The molecule has 7 heteroatoms. The predicted molar refractivity (Wildman–Crippen MR) is 72.0 cm³/mol. The summed E-state index contributed by atoms with van der Waals surface area (Å²) < 4.78 is 28.0. The van der Waals surface area contributed by atoms with Crippen LogP contribution in [0.2, 0.25) is 0 Å². The van der Waals surface area contributed by atoms with Crippen LogP contribution in [0.5, 0.6) is 0 Å². The van der Waals surface area contributed by atoms with Gasteiger partial charge in [-0.3, -0.25) is 4.79 Å². The summed E-state index contributed by atoms with van der Waals surface area (Å²) in [7, 11) is 0. The molecular weight excluding hydrogens is 278 g/mol. The summed E-state index contributed by atoms with van der Waals surface area (Å²) in [4.78, 5) is 16.2. The molecule has 0 aliphatic rings. The molecule has 0 saturated heterocycles. The Hall–Kier alpha value is -2.83. The first-order valence-electron chi connectivity index (χ1n) is 6.12. The smallest absolute Gasteiger partial charge is 0.276 e. The molecule has 21 heavy (non-hydrogen) atoms. The van der Waals surface area contributed by atoms with Gasteiger partial charge in [-0.15, -0.1) is 0 Å². The SMILES string of the molecule is Cc1cn2nc(C(=O)Nc3cc(F)ccc3F)ccc2n1. The highest BCUT2D eigenvalue weighted by molar-refractivity contribution is 6.02. The number of nitrogens with zero attached hydrogens (tertiary/aromatic N) is 3. The molecule has 1 amide bonds. The number of amides is 1. The predicted octanol–water partition coefficient (Wildman–Crippen LogP) is 2.57. The summed E-state index contributed by atoms with van der Waals surface area (Å²) in [6, 6.07) is 5.92. The molecule has 5 nitrogen and oxygen atoms in total. The number of fused-ring (bicyclic) bond motifs is 1. The maximum absolute atomic E-state index is 13.5. The van der Waals surface area contributed by atoms with Crippen LogP contribution in [0.4, 0.5) is 14.5 Å². The molecule has 0 atom stereocenters. The zero-order valence-electron chi connectivity index (χ0n) is 11.0. The van der Waals surface area contributed by atoms with Gasteiger partial charge in [-0.25, -0.2) is 18.3 Å². The molecule has 0 aliphatic carbocycles. The van der Waals surface area contributed by atoms with Gasteiger partial charge < -0.3 is 5.32 Å². The van der Waals surface area contributed by atoms with E-state index in [1.807, 2.05) is 0 Å². The highest BCUT2D eigenvalue weighted by Crippen LogP contribution is 2.16. The lowest BCUT2D eigenvalue weighted by molar-refractivity contribution is 0.102. The van der Waals surface area contributed by atoms with Crippen molar-refractivity contribution in [3.63, 3.8) is 0 Å². The van der Waals surface area contributed by atoms with Gasteiger partial charge in [0.25, 0.3) is 5.91 Å². The lowest BCUT2D eigenvalue weighted by Crippen LogP contribution is -2.16.